The molecule has 2 N–H and O–H groups in total. The zero-order valence-corrected chi connectivity index (χ0v) is 6.85. The Kier molecular flexibility index (Phi) is 2.76. The van der Waals surface area contributed by atoms with Crippen molar-refractivity contribution in [1.29, 1.82) is 0 Å². The first-order valence-corrected chi connectivity index (χ1v) is 3.86. The summed E-state index contributed by atoms with van der Waals surface area (Å²) in [6.07, 6.45) is 0.598. The summed E-state index contributed by atoms with van der Waals surface area (Å²) in [5.41, 5.74) is 5.80. The fraction of sp³-hybridized carbons (Fsp3) is 0.333. The molecule has 0 saturated carbocycles. The van der Waals surface area contributed by atoms with Crippen molar-refractivity contribution in [2.75, 3.05) is 0 Å². The van der Waals surface area contributed by atoms with Crippen LogP contribution in [0.3, 0.4) is 0 Å². The highest BCUT2D eigenvalue weighted by molar-refractivity contribution is 5.21. The first-order chi connectivity index (χ1) is 5.66. The lowest BCUT2D eigenvalue weighted by atomic mass is 10.1. The molecule has 0 fully saturated rings. The van der Waals surface area contributed by atoms with E-state index in [0.717, 1.165) is 6.07 Å². The van der Waals surface area contributed by atoms with Crippen molar-refractivity contribution in [3.63, 3.8) is 0 Å². The molecule has 0 heterocycles. The number of nitrogens with two attached hydrogens (primary N) is 1. The fourth-order valence-electron chi connectivity index (χ4n) is 1.03. The third-order valence-electron chi connectivity index (χ3n) is 1.82. The largest absolute Gasteiger partial charge is 0.324 e. The zero-order chi connectivity index (χ0) is 9.14. The molecule has 12 heavy (non-hydrogen) atoms. The van der Waals surface area contributed by atoms with Crippen molar-refractivity contribution in [1.82, 2.24) is 0 Å². The lowest BCUT2D eigenvalue weighted by Crippen LogP contribution is -2.11. The van der Waals surface area contributed by atoms with Crippen molar-refractivity contribution in [3.05, 3.63) is 35.4 Å². The van der Waals surface area contributed by atoms with Gasteiger partial charge in [0.1, 0.15) is 0 Å². The normalized spacial score (nSPS) is 13.0. The Morgan fingerprint density at radius 2 is 2.08 bits per heavy atom. The lowest BCUT2D eigenvalue weighted by Gasteiger charge is -2.09. The first-order valence-electron chi connectivity index (χ1n) is 3.86. The Bertz CT molecular complexity index is 273. The summed E-state index contributed by atoms with van der Waals surface area (Å²) in [5.74, 6) is -1.66. The Balaban J connectivity index is 3.07. The summed E-state index contributed by atoms with van der Waals surface area (Å²) >= 11 is 0. The lowest BCUT2D eigenvalue weighted by molar-refractivity contribution is 0.486. The van der Waals surface area contributed by atoms with Crippen LogP contribution >= 0.6 is 0 Å². The van der Waals surface area contributed by atoms with Crippen LogP contribution in [0.4, 0.5) is 8.78 Å². The molecule has 66 valence electrons. The van der Waals surface area contributed by atoms with Gasteiger partial charge in [0, 0.05) is 11.6 Å². The van der Waals surface area contributed by atoms with Gasteiger partial charge in [0.25, 0.3) is 0 Å². The summed E-state index contributed by atoms with van der Waals surface area (Å²) in [6.45, 7) is 1.83. The maximum atomic E-state index is 13.0. The van der Waals surface area contributed by atoms with Gasteiger partial charge in [0.2, 0.25) is 0 Å². The van der Waals surface area contributed by atoms with Crippen molar-refractivity contribution in [2.24, 2.45) is 5.73 Å². The van der Waals surface area contributed by atoms with Crippen LogP contribution in [-0.2, 0) is 0 Å². The Morgan fingerprint density at radius 3 is 2.67 bits per heavy atom. The summed E-state index contributed by atoms with van der Waals surface area (Å²) < 4.78 is 25.6. The van der Waals surface area contributed by atoms with Gasteiger partial charge in [-0.15, -0.1) is 0 Å². The van der Waals surface area contributed by atoms with Gasteiger partial charge >= 0.3 is 0 Å². The van der Waals surface area contributed by atoms with E-state index in [1.807, 2.05) is 6.92 Å². The minimum absolute atomic E-state index is 0.248. The van der Waals surface area contributed by atoms with Gasteiger partial charge in [-0.1, -0.05) is 19.1 Å². The molecule has 0 amide bonds. The molecule has 1 atom stereocenters. The SMILES string of the molecule is CCC(N)c1cccc(F)c1F. The highest BCUT2D eigenvalue weighted by atomic mass is 19.2. The van der Waals surface area contributed by atoms with Crippen molar-refractivity contribution >= 4 is 0 Å². The highest BCUT2D eigenvalue weighted by Gasteiger charge is 2.12. The Labute approximate surface area is 70.2 Å². The Morgan fingerprint density at radius 1 is 1.42 bits per heavy atom. The van der Waals surface area contributed by atoms with Crippen LogP contribution in [-0.4, -0.2) is 0 Å². The van der Waals surface area contributed by atoms with Gasteiger partial charge in [-0.25, -0.2) is 8.78 Å². The third kappa shape index (κ3) is 1.61. The monoisotopic (exact) mass is 171 g/mol. The van der Waals surface area contributed by atoms with Crippen LogP contribution < -0.4 is 5.73 Å². The predicted octanol–water partition coefficient (Wildman–Crippen LogP) is 2.37. The fourth-order valence-corrected chi connectivity index (χ4v) is 1.03. The van der Waals surface area contributed by atoms with Crippen LogP contribution in [0, 0.1) is 11.6 Å². The molecular formula is C9H11F2N. The van der Waals surface area contributed by atoms with E-state index in [4.69, 9.17) is 5.73 Å². The van der Waals surface area contributed by atoms with Crippen molar-refractivity contribution in [2.45, 2.75) is 19.4 Å². The molecule has 0 bridgehead atoms. The topological polar surface area (TPSA) is 26.0 Å². The second kappa shape index (κ2) is 3.63. The standard InChI is InChI=1S/C9H11F2N/c1-2-8(12)6-4-3-5-7(10)9(6)11/h3-5,8H,2,12H2,1H3. The quantitative estimate of drug-likeness (QED) is 0.726. The minimum Gasteiger partial charge on any atom is -0.324 e. The van der Waals surface area contributed by atoms with E-state index in [-0.39, 0.29) is 5.56 Å². The number of hydrogen-bond acceptors (Lipinski definition) is 1. The molecule has 0 aliphatic heterocycles. The molecule has 1 unspecified atom stereocenters. The highest BCUT2D eigenvalue weighted by Crippen LogP contribution is 2.19. The number of halogens is 2. The van der Waals surface area contributed by atoms with E-state index in [0.29, 0.717) is 6.42 Å². The summed E-state index contributed by atoms with van der Waals surface area (Å²) in [5, 5.41) is 0. The number of benzene rings is 1. The van der Waals surface area contributed by atoms with Crippen LogP contribution in [0.2, 0.25) is 0 Å². The van der Waals surface area contributed by atoms with Gasteiger partial charge in [0.15, 0.2) is 11.6 Å². The van der Waals surface area contributed by atoms with E-state index >= 15 is 0 Å². The van der Waals surface area contributed by atoms with Crippen LogP contribution in [0.25, 0.3) is 0 Å². The summed E-state index contributed by atoms with van der Waals surface area (Å²) in [4.78, 5) is 0. The molecule has 1 aromatic rings. The van der Waals surface area contributed by atoms with E-state index in [1.54, 1.807) is 0 Å². The zero-order valence-electron chi connectivity index (χ0n) is 6.85. The molecule has 0 aliphatic carbocycles. The third-order valence-corrected chi connectivity index (χ3v) is 1.82. The smallest absolute Gasteiger partial charge is 0.163 e. The maximum absolute atomic E-state index is 13.0. The average Bonchev–Trinajstić information content (AvgIpc) is 2.08. The van der Waals surface area contributed by atoms with Gasteiger partial charge in [-0.05, 0) is 12.5 Å². The van der Waals surface area contributed by atoms with E-state index < -0.39 is 17.7 Å². The Hall–Kier alpha value is -0.960. The first kappa shape index (κ1) is 9.13. The molecule has 0 aromatic heterocycles. The minimum atomic E-state index is -0.837. The van der Waals surface area contributed by atoms with Crippen LogP contribution in [0.5, 0.6) is 0 Å². The average molecular weight is 171 g/mol. The van der Waals surface area contributed by atoms with Gasteiger partial charge in [-0.2, -0.15) is 0 Å². The summed E-state index contributed by atoms with van der Waals surface area (Å²) in [6, 6.07) is 3.64. The molecular weight excluding hydrogens is 160 g/mol. The second-order valence-electron chi connectivity index (χ2n) is 2.66. The van der Waals surface area contributed by atoms with Gasteiger partial charge in [0.05, 0.1) is 0 Å². The van der Waals surface area contributed by atoms with Gasteiger partial charge in [-0.3, -0.25) is 0 Å². The molecule has 3 heteroatoms. The predicted molar refractivity (Wildman–Crippen MR) is 43.6 cm³/mol. The van der Waals surface area contributed by atoms with Crippen molar-refractivity contribution < 1.29 is 8.78 Å². The van der Waals surface area contributed by atoms with E-state index in [2.05, 4.69) is 0 Å². The molecule has 0 radical (unpaired) electrons. The molecule has 1 rings (SSSR count). The summed E-state index contributed by atoms with van der Waals surface area (Å²) in [7, 11) is 0. The van der Waals surface area contributed by atoms with Crippen molar-refractivity contribution in [3.8, 4) is 0 Å². The van der Waals surface area contributed by atoms with Crippen LogP contribution in [0.1, 0.15) is 24.9 Å². The van der Waals surface area contributed by atoms with E-state index in [1.165, 1.54) is 12.1 Å². The maximum Gasteiger partial charge on any atom is 0.163 e. The second-order valence-corrected chi connectivity index (χ2v) is 2.66. The molecule has 0 saturated heterocycles. The number of hydrogen-bond donors (Lipinski definition) is 1. The molecule has 0 aliphatic rings. The van der Waals surface area contributed by atoms with Crippen LogP contribution in [0.15, 0.2) is 18.2 Å². The van der Waals surface area contributed by atoms with E-state index in [9.17, 15) is 8.78 Å². The molecule has 1 aromatic carbocycles. The van der Waals surface area contributed by atoms with Gasteiger partial charge < -0.3 is 5.73 Å². The number of rotatable bonds is 2. The molecule has 0 spiro atoms. The molecule has 1 nitrogen and oxygen atoms in total.